The van der Waals surface area contributed by atoms with Crippen molar-refractivity contribution < 1.29 is 19.4 Å². The van der Waals surface area contributed by atoms with Gasteiger partial charge in [0.1, 0.15) is 5.75 Å². The van der Waals surface area contributed by atoms with Crippen LogP contribution < -0.4 is 10.1 Å². The van der Waals surface area contributed by atoms with Crippen LogP contribution in [0.5, 0.6) is 5.75 Å². The Morgan fingerprint density at radius 1 is 0.974 bits per heavy atom. The van der Waals surface area contributed by atoms with Gasteiger partial charge in [-0.3, -0.25) is 15.2 Å². The lowest BCUT2D eigenvalue weighted by molar-refractivity contribution is 0.0697. The fourth-order valence-corrected chi connectivity index (χ4v) is 4.58. The first-order valence-corrected chi connectivity index (χ1v) is 12.5. The lowest BCUT2D eigenvalue weighted by Crippen LogP contribution is -2.32. The number of amides is 1. The number of nitrogens with zero attached hydrogens (tertiary/aromatic N) is 5. The van der Waals surface area contributed by atoms with Gasteiger partial charge in [-0.25, -0.2) is 14.3 Å². The number of aromatic nitrogens is 4. The molecule has 0 atom stereocenters. The van der Waals surface area contributed by atoms with Crippen molar-refractivity contribution in [2.24, 2.45) is 0 Å². The van der Waals surface area contributed by atoms with Gasteiger partial charge in [0, 0.05) is 18.4 Å². The van der Waals surface area contributed by atoms with Crippen molar-refractivity contribution in [3.63, 3.8) is 0 Å². The van der Waals surface area contributed by atoms with Gasteiger partial charge in [-0.05, 0) is 85.9 Å². The number of benzene rings is 2. The Morgan fingerprint density at radius 3 is 2.53 bits per heavy atom. The summed E-state index contributed by atoms with van der Waals surface area (Å²) in [6, 6.07) is 19.4. The molecular weight excluding hydrogens is 484 g/mol. The number of ether oxygens (including phenoxy) is 1. The third-order valence-electron chi connectivity index (χ3n) is 6.53. The minimum absolute atomic E-state index is 0.148. The average Bonchev–Trinajstić information content (AvgIpc) is 3.36. The lowest BCUT2D eigenvalue weighted by atomic mass is 9.89. The quantitative estimate of drug-likeness (QED) is 0.356. The highest BCUT2D eigenvalue weighted by atomic mass is 16.6. The molecule has 0 unspecified atom stereocenters. The summed E-state index contributed by atoms with van der Waals surface area (Å²) in [5.74, 6) is -0.179. The zero-order valence-corrected chi connectivity index (χ0v) is 20.7. The molecule has 1 fully saturated rings. The SMILES string of the molecule is O=C(Nc1ccc(C(=O)O)cc1)Oc1cccc(C2CCN(Cc3cn(Cc4ccccn4)nn3)CC2)c1. The Labute approximate surface area is 219 Å². The number of anilines is 1. The van der Waals surface area contributed by atoms with Crippen LogP contribution >= 0.6 is 0 Å². The molecule has 10 nitrogen and oxygen atoms in total. The Morgan fingerprint density at radius 2 is 1.79 bits per heavy atom. The number of carboxylic acids is 1. The number of pyridine rings is 1. The number of carbonyl (C=O) groups excluding carboxylic acids is 1. The Kier molecular flexibility index (Phi) is 7.70. The average molecular weight is 513 g/mol. The van der Waals surface area contributed by atoms with E-state index in [1.165, 1.54) is 24.3 Å². The summed E-state index contributed by atoms with van der Waals surface area (Å²) in [5.41, 5.74) is 3.64. The van der Waals surface area contributed by atoms with E-state index in [0.717, 1.165) is 49.4 Å². The smallest absolute Gasteiger partial charge is 0.417 e. The summed E-state index contributed by atoms with van der Waals surface area (Å²) < 4.78 is 7.29. The number of carboxylic acid groups (broad SMARTS) is 1. The van der Waals surface area contributed by atoms with Gasteiger partial charge in [-0.15, -0.1) is 5.10 Å². The van der Waals surface area contributed by atoms with Crippen molar-refractivity contribution in [2.45, 2.75) is 31.8 Å². The predicted molar refractivity (Wildman–Crippen MR) is 140 cm³/mol. The van der Waals surface area contributed by atoms with Gasteiger partial charge >= 0.3 is 12.1 Å². The number of aromatic carboxylic acids is 1. The van der Waals surface area contributed by atoms with Gasteiger partial charge in [-0.2, -0.15) is 0 Å². The second kappa shape index (κ2) is 11.7. The molecule has 1 saturated heterocycles. The number of nitrogens with one attached hydrogen (secondary N) is 1. The number of piperidine rings is 1. The maximum absolute atomic E-state index is 12.3. The molecule has 1 aliphatic rings. The van der Waals surface area contributed by atoms with E-state index in [0.29, 0.717) is 23.9 Å². The molecule has 0 radical (unpaired) electrons. The topological polar surface area (TPSA) is 122 Å². The van der Waals surface area contributed by atoms with Crippen LogP contribution in [0, 0.1) is 0 Å². The van der Waals surface area contributed by atoms with Crippen LogP contribution in [-0.4, -0.2) is 55.1 Å². The molecule has 0 bridgehead atoms. The number of carbonyl (C=O) groups is 2. The summed E-state index contributed by atoms with van der Waals surface area (Å²) in [5, 5.41) is 20.2. The highest BCUT2D eigenvalue weighted by Crippen LogP contribution is 2.30. The van der Waals surface area contributed by atoms with Gasteiger partial charge in [-0.1, -0.05) is 23.4 Å². The van der Waals surface area contributed by atoms with Crippen molar-refractivity contribution in [3.05, 3.63) is 102 Å². The summed E-state index contributed by atoms with van der Waals surface area (Å²) in [6.07, 6.45) is 5.11. The first-order chi connectivity index (χ1) is 18.5. The minimum Gasteiger partial charge on any atom is -0.478 e. The van der Waals surface area contributed by atoms with E-state index >= 15 is 0 Å². The first-order valence-electron chi connectivity index (χ1n) is 12.5. The maximum Gasteiger partial charge on any atom is 0.417 e. The third kappa shape index (κ3) is 6.60. The molecule has 0 spiro atoms. The number of likely N-dealkylation sites (tertiary alicyclic amines) is 1. The summed E-state index contributed by atoms with van der Waals surface area (Å²) in [7, 11) is 0. The van der Waals surface area contributed by atoms with Gasteiger partial charge in [0.05, 0.1) is 29.7 Å². The highest BCUT2D eigenvalue weighted by molar-refractivity contribution is 5.90. The second-order valence-electron chi connectivity index (χ2n) is 9.25. The molecule has 5 rings (SSSR count). The van der Waals surface area contributed by atoms with Crippen molar-refractivity contribution in [3.8, 4) is 5.75 Å². The molecule has 0 saturated carbocycles. The van der Waals surface area contributed by atoms with Crippen LogP contribution in [0.4, 0.5) is 10.5 Å². The lowest BCUT2D eigenvalue weighted by Gasteiger charge is -2.31. The van der Waals surface area contributed by atoms with Crippen molar-refractivity contribution >= 4 is 17.7 Å². The van der Waals surface area contributed by atoms with Crippen molar-refractivity contribution in [1.29, 1.82) is 0 Å². The fourth-order valence-electron chi connectivity index (χ4n) is 4.58. The predicted octanol–water partition coefficient (Wildman–Crippen LogP) is 4.41. The molecule has 10 heteroatoms. The van der Waals surface area contributed by atoms with Crippen molar-refractivity contribution in [1.82, 2.24) is 24.9 Å². The Balaban J connectivity index is 1.10. The Bertz CT molecular complexity index is 1380. The van der Waals surface area contributed by atoms with Crippen molar-refractivity contribution in [2.75, 3.05) is 18.4 Å². The van der Waals surface area contributed by atoms with Crippen LogP contribution in [0.1, 0.15) is 46.1 Å². The summed E-state index contributed by atoms with van der Waals surface area (Å²) in [6.45, 7) is 3.24. The fraction of sp³-hybridized carbons (Fsp3) is 0.250. The van der Waals surface area contributed by atoms with E-state index in [2.05, 4.69) is 31.6 Å². The first kappa shape index (κ1) is 25.1. The molecular formula is C28H28N6O4. The van der Waals surface area contributed by atoms with Crippen LogP contribution in [0.25, 0.3) is 0 Å². The maximum atomic E-state index is 12.3. The summed E-state index contributed by atoms with van der Waals surface area (Å²) >= 11 is 0. The molecule has 3 heterocycles. The zero-order chi connectivity index (χ0) is 26.3. The third-order valence-corrected chi connectivity index (χ3v) is 6.53. The highest BCUT2D eigenvalue weighted by Gasteiger charge is 2.22. The normalized spacial score (nSPS) is 14.2. The zero-order valence-electron chi connectivity index (χ0n) is 20.7. The monoisotopic (exact) mass is 512 g/mol. The number of hydrogen-bond acceptors (Lipinski definition) is 7. The molecule has 0 aliphatic carbocycles. The molecule has 38 heavy (non-hydrogen) atoms. The number of rotatable bonds is 8. The van der Waals surface area contributed by atoms with Crippen LogP contribution in [0.15, 0.2) is 79.1 Å². The van der Waals surface area contributed by atoms with E-state index in [1.54, 1.807) is 12.3 Å². The van der Waals surface area contributed by atoms with Gasteiger partial charge < -0.3 is 9.84 Å². The molecule has 2 N–H and O–H groups in total. The van der Waals surface area contributed by atoms with Crippen LogP contribution in [0.2, 0.25) is 0 Å². The molecule has 194 valence electrons. The van der Waals surface area contributed by atoms with Gasteiger partial charge in [0.25, 0.3) is 0 Å². The molecule has 4 aromatic rings. The van der Waals surface area contributed by atoms with E-state index < -0.39 is 12.1 Å². The summed E-state index contributed by atoms with van der Waals surface area (Å²) in [4.78, 5) is 30.0. The van der Waals surface area contributed by atoms with Crippen LogP contribution in [0.3, 0.4) is 0 Å². The van der Waals surface area contributed by atoms with E-state index in [-0.39, 0.29) is 5.56 Å². The van der Waals surface area contributed by atoms with Gasteiger partial charge in [0.15, 0.2) is 0 Å². The molecule has 2 aromatic heterocycles. The molecule has 1 aliphatic heterocycles. The van der Waals surface area contributed by atoms with E-state index in [9.17, 15) is 9.59 Å². The number of hydrogen-bond donors (Lipinski definition) is 2. The van der Waals surface area contributed by atoms with Gasteiger partial charge in [0.2, 0.25) is 0 Å². The molecule has 2 aromatic carbocycles. The standard InChI is InChI=1S/C28H28N6O4/c35-27(36)21-7-9-23(10-8-21)30-28(37)38-26-6-3-4-22(16-26)20-11-14-33(15-12-20)17-25-19-34(32-31-25)18-24-5-1-2-13-29-24/h1-10,13,16,19-20H,11-12,14-15,17-18H2,(H,30,37)(H,35,36). The van der Waals surface area contributed by atoms with E-state index in [4.69, 9.17) is 9.84 Å². The van der Waals surface area contributed by atoms with Crippen LogP contribution in [-0.2, 0) is 13.1 Å². The van der Waals surface area contributed by atoms with E-state index in [1.807, 2.05) is 41.2 Å². The molecule has 1 amide bonds. The Hall–Kier alpha value is -4.57. The second-order valence-corrected chi connectivity index (χ2v) is 9.25. The largest absolute Gasteiger partial charge is 0.478 e. The minimum atomic E-state index is -1.02.